The van der Waals surface area contributed by atoms with Crippen LogP contribution in [0.25, 0.3) is 11.4 Å². The normalized spacial score (nSPS) is 14.1. The third kappa shape index (κ3) is 5.10. The molecule has 0 atom stereocenters. The molecule has 1 aliphatic heterocycles. The van der Waals surface area contributed by atoms with Gasteiger partial charge in [0.25, 0.3) is 0 Å². The molecule has 10 nitrogen and oxygen atoms in total. The number of H-pyrrole nitrogens is 1. The van der Waals surface area contributed by atoms with Gasteiger partial charge in [0.1, 0.15) is 11.4 Å². The number of amides is 1. The highest BCUT2D eigenvalue weighted by molar-refractivity contribution is 5.78. The number of hydrogen-bond donors (Lipinski definition) is 3. The molecule has 13 heteroatoms. The van der Waals surface area contributed by atoms with Gasteiger partial charge in [0, 0.05) is 43.5 Å². The van der Waals surface area contributed by atoms with Crippen molar-refractivity contribution in [1.29, 1.82) is 0 Å². The van der Waals surface area contributed by atoms with E-state index >= 15 is 0 Å². The summed E-state index contributed by atoms with van der Waals surface area (Å²) in [6.07, 6.45) is -2.00. The average molecular weight is 447 g/mol. The minimum absolute atomic E-state index is 0.0162. The molecule has 1 aromatic carbocycles. The van der Waals surface area contributed by atoms with Gasteiger partial charge in [-0.25, -0.2) is 4.98 Å². The molecule has 1 aliphatic rings. The van der Waals surface area contributed by atoms with Crippen molar-refractivity contribution in [2.24, 2.45) is 0 Å². The van der Waals surface area contributed by atoms with Crippen molar-refractivity contribution in [3.63, 3.8) is 0 Å². The molecule has 0 unspecified atom stereocenters. The maximum atomic E-state index is 13.4. The van der Waals surface area contributed by atoms with Crippen LogP contribution in [0.4, 0.5) is 30.6 Å². The number of carbonyl (C=O) groups is 1. The third-order valence-corrected chi connectivity index (χ3v) is 4.91. The largest absolute Gasteiger partial charge is 0.421 e. The van der Waals surface area contributed by atoms with Crippen molar-refractivity contribution in [3.05, 3.63) is 36.0 Å². The number of hydrogen-bond acceptors (Lipinski definition) is 8. The number of rotatable bonds is 8. The lowest BCUT2D eigenvalue weighted by molar-refractivity contribution is -0.137. The predicted molar refractivity (Wildman–Crippen MR) is 109 cm³/mol. The Kier molecular flexibility index (Phi) is 6.14. The summed E-state index contributed by atoms with van der Waals surface area (Å²) in [5.74, 6) is 0.206. The highest BCUT2D eigenvalue weighted by Gasteiger charge is 2.35. The topological polar surface area (TPSA) is 125 Å². The number of tetrazole rings is 1. The fourth-order valence-electron chi connectivity index (χ4n) is 3.32. The standard InChI is InChI=1S/C19H20F3N9O/c20-19(21,22)14-11-24-18(25-13-6-4-12(5-7-13)16-27-29-30-28-16)26-17(14)23-8-2-10-31-9-1-3-15(31)32/h4-7,11H,1-3,8-10H2,(H2,23,24,25,26)(H,27,28,29,30). The maximum absolute atomic E-state index is 13.4. The van der Waals surface area contributed by atoms with Crippen LogP contribution in [0.2, 0.25) is 0 Å². The maximum Gasteiger partial charge on any atom is 0.421 e. The molecule has 3 aromatic rings. The summed E-state index contributed by atoms with van der Waals surface area (Å²) in [5, 5.41) is 19.2. The zero-order valence-electron chi connectivity index (χ0n) is 16.9. The van der Waals surface area contributed by atoms with Crippen LogP contribution in [0.1, 0.15) is 24.8 Å². The highest BCUT2D eigenvalue weighted by atomic mass is 19.4. The number of nitrogens with one attached hydrogen (secondary N) is 3. The fraction of sp³-hybridized carbons (Fsp3) is 0.368. The van der Waals surface area contributed by atoms with Crippen molar-refractivity contribution in [1.82, 2.24) is 35.5 Å². The highest BCUT2D eigenvalue weighted by Crippen LogP contribution is 2.34. The van der Waals surface area contributed by atoms with Crippen LogP contribution in [0.15, 0.2) is 30.5 Å². The van der Waals surface area contributed by atoms with Gasteiger partial charge in [-0.15, -0.1) is 10.2 Å². The Morgan fingerprint density at radius 1 is 1.19 bits per heavy atom. The molecule has 4 rings (SSSR count). The second kappa shape index (κ2) is 9.16. The van der Waals surface area contributed by atoms with Crippen LogP contribution in [0.5, 0.6) is 0 Å². The number of benzene rings is 1. The Labute approximate surface area is 180 Å². The molecular weight excluding hydrogens is 427 g/mol. The first-order valence-corrected chi connectivity index (χ1v) is 9.97. The van der Waals surface area contributed by atoms with Crippen molar-refractivity contribution >= 4 is 23.4 Å². The van der Waals surface area contributed by atoms with Gasteiger partial charge in [-0.2, -0.15) is 23.4 Å². The van der Waals surface area contributed by atoms with Crippen LogP contribution in [-0.2, 0) is 11.0 Å². The number of likely N-dealkylation sites (tertiary alicyclic amines) is 1. The molecule has 0 spiro atoms. The molecule has 3 heterocycles. The van der Waals surface area contributed by atoms with Gasteiger partial charge >= 0.3 is 6.18 Å². The number of carbonyl (C=O) groups excluding carboxylic acids is 1. The van der Waals surface area contributed by atoms with Crippen molar-refractivity contribution < 1.29 is 18.0 Å². The summed E-state index contributed by atoms with van der Waals surface area (Å²) in [6, 6.07) is 6.87. The summed E-state index contributed by atoms with van der Waals surface area (Å²) in [6.45, 7) is 1.43. The van der Waals surface area contributed by atoms with E-state index in [2.05, 4.69) is 41.2 Å². The first-order chi connectivity index (χ1) is 15.4. The molecule has 1 saturated heterocycles. The van der Waals surface area contributed by atoms with Gasteiger partial charge in [0.2, 0.25) is 17.7 Å². The second-order valence-corrected chi connectivity index (χ2v) is 7.16. The van der Waals surface area contributed by atoms with E-state index in [1.807, 2.05) is 0 Å². The Balaban J connectivity index is 1.43. The summed E-state index contributed by atoms with van der Waals surface area (Å²) >= 11 is 0. The zero-order valence-corrected chi connectivity index (χ0v) is 16.9. The number of nitrogens with zero attached hydrogens (tertiary/aromatic N) is 6. The van der Waals surface area contributed by atoms with Gasteiger partial charge < -0.3 is 15.5 Å². The van der Waals surface area contributed by atoms with E-state index in [1.165, 1.54) is 0 Å². The summed E-state index contributed by atoms with van der Waals surface area (Å²) in [4.78, 5) is 21.2. The lowest BCUT2D eigenvalue weighted by atomic mass is 10.2. The van der Waals surface area contributed by atoms with E-state index in [0.717, 1.165) is 18.2 Å². The van der Waals surface area contributed by atoms with Gasteiger partial charge in [-0.3, -0.25) is 4.79 Å². The number of anilines is 3. The van der Waals surface area contributed by atoms with E-state index in [0.29, 0.717) is 37.4 Å². The summed E-state index contributed by atoms with van der Waals surface area (Å²) in [7, 11) is 0. The molecule has 0 radical (unpaired) electrons. The third-order valence-electron chi connectivity index (χ3n) is 4.91. The van der Waals surface area contributed by atoms with Gasteiger partial charge in [0.05, 0.1) is 0 Å². The molecule has 2 aromatic heterocycles. The first-order valence-electron chi connectivity index (χ1n) is 9.97. The van der Waals surface area contributed by atoms with Crippen LogP contribution in [0.3, 0.4) is 0 Å². The van der Waals surface area contributed by atoms with Crippen molar-refractivity contribution in [2.75, 3.05) is 30.3 Å². The van der Waals surface area contributed by atoms with Crippen molar-refractivity contribution in [2.45, 2.75) is 25.4 Å². The summed E-state index contributed by atoms with van der Waals surface area (Å²) in [5.41, 5.74) is 0.347. The lowest BCUT2D eigenvalue weighted by Crippen LogP contribution is -2.27. The molecule has 3 N–H and O–H groups in total. The fourth-order valence-corrected chi connectivity index (χ4v) is 3.32. The van der Waals surface area contributed by atoms with E-state index in [4.69, 9.17) is 0 Å². The van der Waals surface area contributed by atoms with Crippen LogP contribution < -0.4 is 10.6 Å². The van der Waals surface area contributed by atoms with Crippen LogP contribution >= 0.6 is 0 Å². The average Bonchev–Trinajstić information content (AvgIpc) is 3.43. The van der Waals surface area contributed by atoms with Gasteiger partial charge in [-0.1, -0.05) is 0 Å². The minimum atomic E-state index is -4.60. The van der Waals surface area contributed by atoms with E-state index in [-0.39, 0.29) is 24.2 Å². The monoisotopic (exact) mass is 447 g/mol. The predicted octanol–water partition coefficient (Wildman–Crippen LogP) is 2.84. The van der Waals surface area contributed by atoms with E-state index < -0.39 is 11.7 Å². The van der Waals surface area contributed by atoms with E-state index in [9.17, 15) is 18.0 Å². The van der Waals surface area contributed by atoms with Gasteiger partial charge in [0.15, 0.2) is 0 Å². The SMILES string of the molecule is O=C1CCCN1CCCNc1nc(Nc2ccc(-c3nn[nH]n3)cc2)ncc1C(F)(F)F. The lowest BCUT2D eigenvalue weighted by Gasteiger charge is -2.17. The number of aromatic amines is 1. The Hall–Kier alpha value is -3.77. The molecule has 32 heavy (non-hydrogen) atoms. The number of aromatic nitrogens is 6. The zero-order chi connectivity index (χ0) is 22.6. The second-order valence-electron chi connectivity index (χ2n) is 7.16. The van der Waals surface area contributed by atoms with Crippen LogP contribution in [-0.4, -0.2) is 61.0 Å². The Morgan fingerprint density at radius 3 is 2.66 bits per heavy atom. The molecule has 0 bridgehead atoms. The molecule has 168 valence electrons. The molecular formula is C19H20F3N9O. The summed E-state index contributed by atoms with van der Waals surface area (Å²) < 4.78 is 40.1. The van der Waals surface area contributed by atoms with Crippen molar-refractivity contribution in [3.8, 4) is 11.4 Å². The Bertz CT molecular complexity index is 1050. The minimum Gasteiger partial charge on any atom is -0.369 e. The van der Waals surface area contributed by atoms with Gasteiger partial charge in [-0.05, 0) is 42.3 Å². The molecule has 0 aliphatic carbocycles. The quantitative estimate of drug-likeness (QED) is 0.450. The Morgan fingerprint density at radius 2 is 2.00 bits per heavy atom. The van der Waals surface area contributed by atoms with Crippen LogP contribution in [0, 0.1) is 0 Å². The van der Waals surface area contributed by atoms with E-state index in [1.54, 1.807) is 29.2 Å². The number of alkyl halides is 3. The first kappa shape index (κ1) is 21.5. The smallest absolute Gasteiger partial charge is 0.369 e. The number of halogens is 3. The molecule has 0 saturated carbocycles. The molecule has 1 fully saturated rings. The molecule has 1 amide bonds.